The van der Waals surface area contributed by atoms with Crippen molar-refractivity contribution in [2.45, 2.75) is 0 Å². The first kappa shape index (κ1) is 10.2. The zero-order valence-corrected chi connectivity index (χ0v) is 8.98. The number of nitrogen functional groups attached to an aromatic ring is 1. The lowest BCUT2D eigenvalue weighted by Crippen LogP contribution is -2.44. The first-order chi connectivity index (χ1) is 7.29. The number of nitrogens with one attached hydrogen (secondary N) is 1. The molecule has 5 nitrogen and oxygen atoms in total. The molecule has 0 unspecified atom stereocenters. The highest BCUT2D eigenvalue weighted by Gasteiger charge is 2.14. The minimum absolute atomic E-state index is 0.714. The van der Waals surface area contributed by atoms with E-state index in [0.29, 0.717) is 5.82 Å². The summed E-state index contributed by atoms with van der Waals surface area (Å²) in [6.07, 6.45) is 1.78. The van der Waals surface area contributed by atoms with Gasteiger partial charge in [0.05, 0.1) is 0 Å². The summed E-state index contributed by atoms with van der Waals surface area (Å²) in [5.41, 5.74) is 3.75. The Balaban J connectivity index is 2.08. The lowest BCUT2D eigenvalue weighted by molar-refractivity contribution is 0.313. The average molecular weight is 207 g/mol. The number of aromatic nitrogens is 1. The van der Waals surface area contributed by atoms with E-state index in [2.05, 4.69) is 27.3 Å². The number of likely N-dealkylation sites (N-methyl/N-ethyl adjacent to an activating group) is 1. The lowest BCUT2D eigenvalue weighted by Gasteiger charge is -2.34. The number of nitrogens with zero attached hydrogens (tertiary/aromatic N) is 3. The number of hydrogen-bond acceptors (Lipinski definition) is 5. The second kappa shape index (κ2) is 4.46. The minimum atomic E-state index is 0.714. The van der Waals surface area contributed by atoms with Gasteiger partial charge in [-0.15, -0.1) is 0 Å². The summed E-state index contributed by atoms with van der Waals surface area (Å²) >= 11 is 0. The van der Waals surface area contributed by atoms with E-state index in [1.54, 1.807) is 6.20 Å². The topological polar surface area (TPSA) is 57.4 Å². The van der Waals surface area contributed by atoms with Gasteiger partial charge < -0.3 is 15.2 Å². The molecule has 0 aromatic carbocycles. The third kappa shape index (κ3) is 2.37. The SMILES string of the molecule is CN1CCN(c2ccnc(NN)c2)CC1. The van der Waals surface area contributed by atoms with Crippen molar-refractivity contribution in [3.63, 3.8) is 0 Å². The van der Waals surface area contributed by atoms with E-state index in [1.807, 2.05) is 12.1 Å². The van der Waals surface area contributed by atoms with Crippen LogP contribution >= 0.6 is 0 Å². The summed E-state index contributed by atoms with van der Waals surface area (Å²) in [6, 6.07) is 4.00. The van der Waals surface area contributed by atoms with Crippen LogP contribution in [0.15, 0.2) is 18.3 Å². The number of piperazine rings is 1. The van der Waals surface area contributed by atoms with Crippen LogP contribution in [0.2, 0.25) is 0 Å². The Morgan fingerprint density at radius 2 is 2.07 bits per heavy atom. The highest BCUT2D eigenvalue weighted by molar-refractivity contribution is 5.53. The molecule has 0 spiro atoms. The van der Waals surface area contributed by atoms with Crippen LogP contribution in [0.3, 0.4) is 0 Å². The van der Waals surface area contributed by atoms with E-state index in [0.717, 1.165) is 26.2 Å². The molecule has 0 amide bonds. The van der Waals surface area contributed by atoms with Crippen molar-refractivity contribution in [3.05, 3.63) is 18.3 Å². The van der Waals surface area contributed by atoms with Gasteiger partial charge in [0, 0.05) is 44.1 Å². The van der Waals surface area contributed by atoms with Crippen molar-refractivity contribution < 1.29 is 0 Å². The first-order valence-electron chi connectivity index (χ1n) is 5.16. The molecule has 82 valence electrons. The largest absolute Gasteiger partial charge is 0.369 e. The van der Waals surface area contributed by atoms with E-state index >= 15 is 0 Å². The normalized spacial score (nSPS) is 17.9. The Kier molecular flexibility index (Phi) is 3.03. The van der Waals surface area contributed by atoms with Gasteiger partial charge >= 0.3 is 0 Å². The fourth-order valence-corrected chi connectivity index (χ4v) is 1.76. The number of hydrogen-bond donors (Lipinski definition) is 2. The van der Waals surface area contributed by atoms with Gasteiger partial charge in [0.2, 0.25) is 0 Å². The zero-order chi connectivity index (χ0) is 10.7. The second-order valence-electron chi connectivity index (χ2n) is 3.83. The maximum atomic E-state index is 5.33. The van der Waals surface area contributed by atoms with Crippen molar-refractivity contribution in [2.75, 3.05) is 43.6 Å². The molecule has 5 heteroatoms. The monoisotopic (exact) mass is 207 g/mol. The van der Waals surface area contributed by atoms with Crippen molar-refractivity contribution in [2.24, 2.45) is 5.84 Å². The average Bonchev–Trinajstić information content (AvgIpc) is 2.30. The number of pyridine rings is 1. The molecule has 3 N–H and O–H groups in total. The summed E-state index contributed by atoms with van der Waals surface area (Å²) < 4.78 is 0. The third-order valence-corrected chi connectivity index (χ3v) is 2.76. The maximum Gasteiger partial charge on any atom is 0.141 e. The quantitative estimate of drug-likeness (QED) is 0.533. The molecular weight excluding hydrogens is 190 g/mol. The predicted octanol–water partition coefficient (Wildman–Crippen LogP) is 0.119. The van der Waals surface area contributed by atoms with E-state index in [1.165, 1.54) is 5.69 Å². The highest BCUT2D eigenvalue weighted by atomic mass is 15.3. The predicted molar refractivity (Wildman–Crippen MR) is 61.8 cm³/mol. The number of anilines is 2. The molecule has 0 aliphatic carbocycles. The van der Waals surface area contributed by atoms with Crippen LogP contribution in [0.5, 0.6) is 0 Å². The molecule has 15 heavy (non-hydrogen) atoms. The Morgan fingerprint density at radius 3 is 2.73 bits per heavy atom. The fourth-order valence-electron chi connectivity index (χ4n) is 1.76. The van der Waals surface area contributed by atoms with Crippen molar-refractivity contribution in [1.82, 2.24) is 9.88 Å². The van der Waals surface area contributed by atoms with Gasteiger partial charge in [0.15, 0.2) is 0 Å². The van der Waals surface area contributed by atoms with Gasteiger partial charge in [-0.3, -0.25) is 0 Å². The highest BCUT2D eigenvalue weighted by Crippen LogP contribution is 2.17. The molecule has 1 saturated heterocycles. The number of hydrazine groups is 1. The molecule has 2 heterocycles. The number of rotatable bonds is 2. The molecule has 1 fully saturated rings. The van der Waals surface area contributed by atoms with Crippen LogP contribution in [0.25, 0.3) is 0 Å². The molecule has 0 atom stereocenters. The Morgan fingerprint density at radius 1 is 1.33 bits per heavy atom. The lowest BCUT2D eigenvalue weighted by atomic mass is 10.3. The van der Waals surface area contributed by atoms with Crippen LogP contribution in [0.1, 0.15) is 0 Å². The summed E-state index contributed by atoms with van der Waals surface area (Å²) in [4.78, 5) is 8.78. The van der Waals surface area contributed by atoms with E-state index in [-0.39, 0.29) is 0 Å². The van der Waals surface area contributed by atoms with Gasteiger partial charge in [-0.05, 0) is 13.1 Å². The van der Waals surface area contributed by atoms with E-state index < -0.39 is 0 Å². The van der Waals surface area contributed by atoms with Crippen molar-refractivity contribution in [1.29, 1.82) is 0 Å². The summed E-state index contributed by atoms with van der Waals surface area (Å²) in [5, 5.41) is 0. The molecule has 2 rings (SSSR count). The summed E-state index contributed by atoms with van der Waals surface area (Å²) in [6.45, 7) is 4.33. The molecule has 1 aliphatic heterocycles. The molecule has 0 radical (unpaired) electrons. The van der Waals surface area contributed by atoms with E-state index in [4.69, 9.17) is 5.84 Å². The maximum absolute atomic E-state index is 5.33. The Hall–Kier alpha value is -1.33. The van der Waals surface area contributed by atoms with E-state index in [9.17, 15) is 0 Å². The molecule has 1 aromatic rings. The Labute approximate surface area is 89.8 Å². The molecule has 0 bridgehead atoms. The van der Waals surface area contributed by atoms with Gasteiger partial charge in [-0.2, -0.15) is 0 Å². The first-order valence-corrected chi connectivity index (χ1v) is 5.16. The van der Waals surface area contributed by atoms with Crippen LogP contribution < -0.4 is 16.2 Å². The van der Waals surface area contributed by atoms with Crippen LogP contribution in [0.4, 0.5) is 11.5 Å². The molecule has 1 aromatic heterocycles. The fraction of sp³-hybridized carbons (Fsp3) is 0.500. The molecular formula is C10H17N5. The van der Waals surface area contributed by atoms with Gasteiger partial charge in [-0.1, -0.05) is 0 Å². The number of nitrogens with two attached hydrogens (primary N) is 1. The van der Waals surface area contributed by atoms with Gasteiger partial charge in [0.1, 0.15) is 5.82 Å². The van der Waals surface area contributed by atoms with Crippen molar-refractivity contribution in [3.8, 4) is 0 Å². The Bertz CT molecular complexity index is 319. The van der Waals surface area contributed by atoms with Gasteiger partial charge in [0.25, 0.3) is 0 Å². The summed E-state index contributed by atoms with van der Waals surface area (Å²) in [7, 11) is 2.15. The minimum Gasteiger partial charge on any atom is -0.369 e. The zero-order valence-electron chi connectivity index (χ0n) is 8.98. The summed E-state index contributed by atoms with van der Waals surface area (Å²) in [5.74, 6) is 6.05. The molecule has 0 saturated carbocycles. The van der Waals surface area contributed by atoms with Crippen molar-refractivity contribution >= 4 is 11.5 Å². The second-order valence-corrected chi connectivity index (χ2v) is 3.83. The third-order valence-electron chi connectivity index (χ3n) is 2.76. The smallest absolute Gasteiger partial charge is 0.141 e. The van der Waals surface area contributed by atoms with Crippen LogP contribution in [-0.4, -0.2) is 43.1 Å². The van der Waals surface area contributed by atoms with Gasteiger partial charge in [-0.25, -0.2) is 10.8 Å². The van der Waals surface area contributed by atoms with Crippen LogP contribution in [0, 0.1) is 0 Å². The standard InChI is InChI=1S/C10H17N5/c1-14-4-6-15(7-5-14)9-2-3-12-10(8-9)13-11/h2-3,8H,4-7,11H2,1H3,(H,12,13). The molecule has 1 aliphatic rings. The van der Waals surface area contributed by atoms with Crippen LogP contribution in [-0.2, 0) is 0 Å².